The van der Waals surface area contributed by atoms with Gasteiger partial charge in [0.1, 0.15) is 0 Å². The van der Waals surface area contributed by atoms with Crippen molar-refractivity contribution in [2.24, 2.45) is 0 Å². The van der Waals surface area contributed by atoms with Crippen LogP contribution in [0, 0.1) is 0 Å². The zero-order valence-corrected chi connectivity index (χ0v) is 6.35. The average Bonchev–Trinajstić information content (AvgIpc) is 1.81. The van der Waals surface area contributed by atoms with E-state index >= 15 is 0 Å². The van der Waals surface area contributed by atoms with Crippen molar-refractivity contribution < 1.29 is 28.7 Å². The second-order valence-corrected chi connectivity index (χ2v) is 1.67. The third-order valence-corrected chi connectivity index (χ3v) is 0.870. The summed E-state index contributed by atoms with van der Waals surface area (Å²) >= 11 is 0. The maximum absolute atomic E-state index is 9.77. The first-order valence-electron chi connectivity index (χ1n) is 3.07. The molecule has 0 aromatic heterocycles. The number of rotatable bonds is 5. The molecule has 0 N–H and O–H groups in total. The molecule has 0 spiro atoms. The molecule has 0 radical (unpaired) electrons. The molecule has 0 amide bonds. The van der Waals surface area contributed by atoms with Gasteiger partial charge in [-0.25, -0.2) is 0 Å². The summed E-state index contributed by atoms with van der Waals surface area (Å²) in [6.45, 7) is 3.11. The molecule has 0 heterocycles. The van der Waals surface area contributed by atoms with E-state index in [1.807, 2.05) is 0 Å². The van der Waals surface area contributed by atoms with Crippen molar-refractivity contribution in [2.45, 2.75) is 19.8 Å². The largest absolute Gasteiger partial charge is 1.00 e. The first kappa shape index (κ1) is 12.2. The summed E-state index contributed by atoms with van der Waals surface area (Å²) in [5.41, 5.74) is 0. The van der Waals surface area contributed by atoms with Crippen molar-refractivity contribution in [1.82, 2.24) is 0 Å². The van der Waals surface area contributed by atoms with Crippen molar-refractivity contribution in [1.29, 1.82) is 0 Å². The topological polar surface area (TPSA) is 32.3 Å². The standard InChI is InChI=1S/C6H13O2.Li/c1-2-3-5-8-6-4-7;/h2-6H2,1H3;/q-1;+1. The number of unbranched alkanes of at least 4 members (excludes halogenated alkanes) is 1. The predicted octanol–water partition coefficient (Wildman–Crippen LogP) is -2.83. The van der Waals surface area contributed by atoms with Gasteiger partial charge in [-0.2, -0.15) is 0 Å². The van der Waals surface area contributed by atoms with Crippen LogP contribution in [-0.4, -0.2) is 19.8 Å². The number of hydrogen-bond acceptors (Lipinski definition) is 2. The maximum atomic E-state index is 9.77. The molecular formula is C6H13LiO2. The third kappa shape index (κ3) is 11.9. The smallest absolute Gasteiger partial charge is 0.853 e. The molecule has 0 bridgehead atoms. The Hall–Kier alpha value is 0.517. The molecular weight excluding hydrogens is 111 g/mol. The summed E-state index contributed by atoms with van der Waals surface area (Å²) in [7, 11) is 0. The molecule has 0 aromatic rings. The quantitative estimate of drug-likeness (QED) is 0.292. The van der Waals surface area contributed by atoms with E-state index in [-0.39, 0.29) is 25.5 Å². The fourth-order valence-electron chi connectivity index (χ4n) is 0.407. The molecule has 0 aliphatic carbocycles. The molecule has 0 saturated heterocycles. The van der Waals surface area contributed by atoms with Gasteiger partial charge in [-0.3, -0.25) is 0 Å². The summed E-state index contributed by atoms with van der Waals surface area (Å²) < 4.78 is 4.91. The molecule has 2 nitrogen and oxygen atoms in total. The minimum absolute atomic E-state index is 0. The van der Waals surface area contributed by atoms with E-state index < -0.39 is 0 Å². The van der Waals surface area contributed by atoms with E-state index in [1.54, 1.807) is 0 Å². The Balaban J connectivity index is 0. The van der Waals surface area contributed by atoms with Crippen LogP contribution in [0.5, 0.6) is 0 Å². The van der Waals surface area contributed by atoms with Gasteiger partial charge >= 0.3 is 18.9 Å². The Bertz CT molecular complexity index is 36.0. The second kappa shape index (κ2) is 11.3. The van der Waals surface area contributed by atoms with Gasteiger partial charge in [-0.1, -0.05) is 13.3 Å². The molecule has 0 atom stereocenters. The third-order valence-electron chi connectivity index (χ3n) is 0.870. The van der Waals surface area contributed by atoms with Crippen molar-refractivity contribution in [2.75, 3.05) is 19.8 Å². The molecule has 0 saturated carbocycles. The van der Waals surface area contributed by atoms with Gasteiger partial charge in [-0.15, -0.1) is 6.61 Å². The number of hydrogen-bond donors (Lipinski definition) is 0. The van der Waals surface area contributed by atoms with Crippen LogP contribution < -0.4 is 24.0 Å². The van der Waals surface area contributed by atoms with Gasteiger partial charge in [0, 0.05) is 13.2 Å². The Labute approximate surface area is 68.8 Å². The molecule has 0 aromatic carbocycles. The van der Waals surface area contributed by atoms with Crippen molar-refractivity contribution in [3.05, 3.63) is 0 Å². The Kier molecular flexibility index (Phi) is 15.4. The Morgan fingerprint density at radius 3 is 2.44 bits per heavy atom. The maximum Gasteiger partial charge on any atom is 1.00 e. The van der Waals surface area contributed by atoms with Crippen molar-refractivity contribution >= 4 is 0 Å². The minimum Gasteiger partial charge on any atom is -0.853 e. The SMILES string of the molecule is CCCCOCC[O-].[Li+]. The van der Waals surface area contributed by atoms with Crippen LogP contribution in [0.4, 0.5) is 0 Å². The van der Waals surface area contributed by atoms with E-state index in [1.165, 1.54) is 0 Å². The molecule has 0 rings (SSSR count). The van der Waals surface area contributed by atoms with E-state index in [4.69, 9.17) is 4.74 Å². The van der Waals surface area contributed by atoms with E-state index in [0.717, 1.165) is 19.4 Å². The minimum atomic E-state index is -0.107. The first-order chi connectivity index (χ1) is 3.91. The molecule has 50 valence electrons. The molecule has 0 fully saturated rings. The van der Waals surface area contributed by atoms with Crippen LogP contribution in [0.1, 0.15) is 19.8 Å². The zero-order chi connectivity index (χ0) is 6.24. The summed E-state index contributed by atoms with van der Waals surface area (Å²) in [6.07, 6.45) is 2.21. The van der Waals surface area contributed by atoms with Crippen LogP contribution in [0.25, 0.3) is 0 Å². The normalized spacial score (nSPS) is 8.67. The summed E-state index contributed by atoms with van der Waals surface area (Å²) in [4.78, 5) is 0. The predicted molar refractivity (Wildman–Crippen MR) is 30.6 cm³/mol. The van der Waals surface area contributed by atoms with Gasteiger partial charge in [0.05, 0.1) is 0 Å². The summed E-state index contributed by atoms with van der Waals surface area (Å²) in [5, 5.41) is 9.77. The van der Waals surface area contributed by atoms with E-state index in [2.05, 4.69) is 6.92 Å². The van der Waals surface area contributed by atoms with Gasteiger partial charge in [0.25, 0.3) is 0 Å². The fraction of sp³-hybridized carbons (Fsp3) is 1.00. The van der Waals surface area contributed by atoms with Crippen LogP contribution in [0.2, 0.25) is 0 Å². The molecule has 9 heavy (non-hydrogen) atoms. The first-order valence-corrected chi connectivity index (χ1v) is 3.07. The summed E-state index contributed by atoms with van der Waals surface area (Å²) in [6, 6.07) is 0. The monoisotopic (exact) mass is 124 g/mol. The van der Waals surface area contributed by atoms with Crippen LogP contribution >= 0.6 is 0 Å². The van der Waals surface area contributed by atoms with Gasteiger partial charge in [0.2, 0.25) is 0 Å². The zero-order valence-electron chi connectivity index (χ0n) is 6.35. The second-order valence-electron chi connectivity index (χ2n) is 1.67. The van der Waals surface area contributed by atoms with Gasteiger partial charge < -0.3 is 9.84 Å². The average molecular weight is 124 g/mol. The van der Waals surface area contributed by atoms with Crippen molar-refractivity contribution in [3.8, 4) is 0 Å². The Morgan fingerprint density at radius 2 is 2.00 bits per heavy atom. The van der Waals surface area contributed by atoms with Crippen molar-refractivity contribution in [3.63, 3.8) is 0 Å². The molecule has 3 heteroatoms. The Morgan fingerprint density at radius 1 is 1.33 bits per heavy atom. The van der Waals surface area contributed by atoms with Crippen LogP contribution in [-0.2, 0) is 4.74 Å². The molecule has 0 unspecified atom stereocenters. The van der Waals surface area contributed by atoms with E-state index in [0.29, 0.717) is 6.61 Å². The van der Waals surface area contributed by atoms with Gasteiger partial charge in [0.15, 0.2) is 0 Å². The van der Waals surface area contributed by atoms with E-state index in [9.17, 15) is 5.11 Å². The number of ether oxygens (including phenoxy) is 1. The fourth-order valence-corrected chi connectivity index (χ4v) is 0.407. The molecule has 0 aliphatic heterocycles. The molecule has 0 aliphatic rings. The summed E-state index contributed by atoms with van der Waals surface area (Å²) in [5.74, 6) is 0. The van der Waals surface area contributed by atoms with Gasteiger partial charge in [-0.05, 0) is 6.42 Å². The van der Waals surface area contributed by atoms with Crippen LogP contribution in [0.3, 0.4) is 0 Å². The van der Waals surface area contributed by atoms with Crippen LogP contribution in [0.15, 0.2) is 0 Å².